The molecule has 0 spiro atoms. The molecule has 0 aliphatic heterocycles. The summed E-state index contributed by atoms with van der Waals surface area (Å²) in [7, 11) is -2.64. The predicted molar refractivity (Wildman–Crippen MR) is 143 cm³/mol. The van der Waals surface area contributed by atoms with Crippen LogP contribution < -0.4 is 23.9 Å². The molecule has 0 atom stereocenters. The molecule has 1 amide bonds. The van der Waals surface area contributed by atoms with E-state index >= 15 is 0 Å². The third-order valence-electron chi connectivity index (χ3n) is 5.10. The molecule has 0 bridgehead atoms. The average Bonchev–Trinajstić information content (AvgIpc) is 2.92. The molecule has 37 heavy (non-hydrogen) atoms. The third-order valence-corrected chi connectivity index (χ3v) is 6.88. The lowest BCUT2D eigenvalue weighted by atomic mass is 10.2. The van der Waals surface area contributed by atoms with E-state index < -0.39 is 22.5 Å². The van der Waals surface area contributed by atoms with Crippen LogP contribution in [0.1, 0.15) is 25.8 Å². The fourth-order valence-corrected chi connectivity index (χ4v) is 4.86. The number of sulfonamides is 1. The van der Waals surface area contributed by atoms with Crippen LogP contribution in [0.25, 0.3) is 0 Å². The first kappa shape index (κ1) is 27.5. The lowest BCUT2D eigenvalue weighted by Gasteiger charge is -2.25. The van der Waals surface area contributed by atoms with Gasteiger partial charge in [-0.25, -0.2) is 13.8 Å². The van der Waals surface area contributed by atoms with Crippen molar-refractivity contribution in [2.75, 3.05) is 31.2 Å². The zero-order chi connectivity index (χ0) is 26.7. The molecule has 0 saturated carbocycles. The highest BCUT2D eigenvalue weighted by molar-refractivity contribution is 7.92. The Morgan fingerprint density at radius 3 is 2.38 bits per heavy atom. The van der Waals surface area contributed by atoms with Gasteiger partial charge in [0, 0.05) is 0 Å². The number of rotatable bonds is 13. The SMILES string of the molecule is CCCOc1ccc(/C=N/NC(=O)CN(c2ccccc2OC)S(=O)(=O)c2ccccc2)cc1OCC. The van der Waals surface area contributed by atoms with Gasteiger partial charge in [0.1, 0.15) is 12.3 Å². The van der Waals surface area contributed by atoms with Crippen LogP contribution in [-0.2, 0) is 14.8 Å². The number of carbonyl (C=O) groups is 1. The highest BCUT2D eigenvalue weighted by atomic mass is 32.2. The maximum Gasteiger partial charge on any atom is 0.264 e. The lowest BCUT2D eigenvalue weighted by molar-refractivity contribution is -0.119. The molecule has 3 rings (SSSR count). The van der Waals surface area contributed by atoms with Gasteiger partial charge >= 0.3 is 0 Å². The molecule has 196 valence electrons. The first-order valence-corrected chi connectivity index (χ1v) is 13.3. The molecule has 3 aromatic carbocycles. The molecule has 0 aliphatic carbocycles. The Kier molecular flexibility index (Phi) is 9.91. The highest BCUT2D eigenvalue weighted by Gasteiger charge is 2.29. The minimum Gasteiger partial charge on any atom is -0.495 e. The van der Waals surface area contributed by atoms with Crippen LogP contribution in [0, 0.1) is 0 Å². The van der Waals surface area contributed by atoms with Crippen LogP contribution in [0.5, 0.6) is 17.2 Å². The monoisotopic (exact) mass is 525 g/mol. The number of anilines is 1. The van der Waals surface area contributed by atoms with Crippen molar-refractivity contribution in [3.05, 3.63) is 78.4 Å². The van der Waals surface area contributed by atoms with Crippen LogP contribution in [-0.4, -0.2) is 47.4 Å². The summed E-state index contributed by atoms with van der Waals surface area (Å²) in [5.74, 6) is 0.882. The Hall–Kier alpha value is -4.05. The maximum atomic E-state index is 13.5. The molecule has 0 saturated heterocycles. The fourth-order valence-electron chi connectivity index (χ4n) is 3.40. The zero-order valence-electron chi connectivity index (χ0n) is 21.1. The van der Waals surface area contributed by atoms with E-state index in [9.17, 15) is 13.2 Å². The Bertz CT molecular complexity index is 1310. The molecule has 3 aromatic rings. The number of ether oxygens (including phenoxy) is 3. The number of carbonyl (C=O) groups excluding carboxylic acids is 1. The van der Waals surface area contributed by atoms with Crippen LogP contribution in [0.3, 0.4) is 0 Å². The molecule has 0 unspecified atom stereocenters. The smallest absolute Gasteiger partial charge is 0.264 e. The number of hydrazone groups is 1. The van der Waals surface area contributed by atoms with E-state index in [-0.39, 0.29) is 10.6 Å². The Morgan fingerprint density at radius 1 is 0.946 bits per heavy atom. The van der Waals surface area contributed by atoms with Crippen molar-refractivity contribution in [2.24, 2.45) is 5.10 Å². The minimum absolute atomic E-state index is 0.0473. The molecule has 10 heteroatoms. The van der Waals surface area contributed by atoms with Gasteiger partial charge in [-0.3, -0.25) is 9.10 Å². The van der Waals surface area contributed by atoms with Crippen molar-refractivity contribution < 1.29 is 27.4 Å². The van der Waals surface area contributed by atoms with Crippen molar-refractivity contribution in [3.8, 4) is 17.2 Å². The van der Waals surface area contributed by atoms with E-state index in [0.717, 1.165) is 10.7 Å². The topological polar surface area (TPSA) is 107 Å². The molecule has 0 heterocycles. The van der Waals surface area contributed by atoms with Crippen LogP contribution in [0.4, 0.5) is 5.69 Å². The summed E-state index contributed by atoms with van der Waals surface area (Å²) in [6.45, 7) is 4.42. The van der Waals surface area contributed by atoms with E-state index in [4.69, 9.17) is 14.2 Å². The fraction of sp³-hybridized carbons (Fsp3) is 0.259. The standard InChI is InChI=1S/C27H31N3O6S/c1-4-17-36-25-16-15-21(18-26(25)35-5-2)19-28-29-27(31)20-30(23-13-9-10-14-24(23)34-3)37(32,33)22-11-7-6-8-12-22/h6-16,18-19H,4-5,17,20H2,1-3H3,(H,29,31)/b28-19+. The van der Waals surface area contributed by atoms with Crippen molar-refractivity contribution >= 4 is 27.8 Å². The summed E-state index contributed by atoms with van der Waals surface area (Å²) in [5, 5.41) is 4.01. The molecular formula is C27H31N3O6S. The van der Waals surface area contributed by atoms with Crippen LogP contribution in [0.2, 0.25) is 0 Å². The van der Waals surface area contributed by atoms with E-state index in [0.29, 0.717) is 36.0 Å². The Labute approximate surface area is 217 Å². The third kappa shape index (κ3) is 7.23. The van der Waals surface area contributed by atoms with E-state index in [1.54, 1.807) is 60.7 Å². The van der Waals surface area contributed by atoms with E-state index in [1.165, 1.54) is 25.5 Å². The molecule has 0 fully saturated rings. The second kappa shape index (κ2) is 13.3. The Balaban J connectivity index is 1.80. The van der Waals surface area contributed by atoms with E-state index in [1.807, 2.05) is 13.8 Å². The van der Waals surface area contributed by atoms with Gasteiger partial charge < -0.3 is 14.2 Å². The largest absolute Gasteiger partial charge is 0.495 e. The maximum absolute atomic E-state index is 13.5. The second-order valence-corrected chi connectivity index (χ2v) is 9.64. The molecule has 0 aromatic heterocycles. The summed E-state index contributed by atoms with van der Waals surface area (Å²) in [6, 6.07) is 19.8. The average molecular weight is 526 g/mol. The minimum atomic E-state index is -4.07. The number of hydrogen-bond donors (Lipinski definition) is 1. The number of hydrogen-bond acceptors (Lipinski definition) is 7. The Morgan fingerprint density at radius 2 is 1.68 bits per heavy atom. The first-order chi connectivity index (χ1) is 17.9. The highest BCUT2D eigenvalue weighted by Crippen LogP contribution is 2.32. The van der Waals surface area contributed by atoms with Crippen LogP contribution >= 0.6 is 0 Å². The summed E-state index contributed by atoms with van der Waals surface area (Å²) in [4.78, 5) is 12.9. The van der Waals surface area contributed by atoms with Gasteiger partial charge in [0.2, 0.25) is 0 Å². The van der Waals surface area contributed by atoms with Gasteiger partial charge in [0.25, 0.3) is 15.9 Å². The van der Waals surface area contributed by atoms with Crippen molar-refractivity contribution in [1.29, 1.82) is 0 Å². The van der Waals surface area contributed by atoms with Gasteiger partial charge in [-0.05, 0) is 61.4 Å². The zero-order valence-corrected chi connectivity index (χ0v) is 21.9. The summed E-state index contributed by atoms with van der Waals surface area (Å²) in [5.41, 5.74) is 3.31. The number of amides is 1. The number of methoxy groups -OCH3 is 1. The van der Waals surface area contributed by atoms with Crippen molar-refractivity contribution in [2.45, 2.75) is 25.2 Å². The molecule has 1 N–H and O–H groups in total. The van der Waals surface area contributed by atoms with E-state index in [2.05, 4.69) is 10.5 Å². The number of para-hydroxylation sites is 2. The number of nitrogens with zero attached hydrogens (tertiary/aromatic N) is 2. The molecule has 0 aliphatic rings. The quantitative estimate of drug-likeness (QED) is 0.264. The number of nitrogens with one attached hydrogen (secondary N) is 1. The first-order valence-electron chi connectivity index (χ1n) is 11.8. The molecular weight excluding hydrogens is 494 g/mol. The summed E-state index contributed by atoms with van der Waals surface area (Å²) in [6.07, 6.45) is 2.32. The van der Waals surface area contributed by atoms with Gasteiger partial charge in [-0.1, -0.05) is 37.3 Å². The van der Waals surface area contributed by atoms with Gasteiger partial charge in [-0.15, -0.1) is 0 Å². The van der Waals surface area contributed by atoms with Crippen molar-refractivity contribution in [3.63, 3.8) is 0 Å². The van der Waals surface area contributed by atoms with Crippen molar-refractivity contribution in [1.82, 2.24) is 5.43 Å². The normalized spacial score (nSPS) is 11.2. The summed E-state index contributed by atoms with van der Waals surface area (Å²) < 4.78 is 44.6. The van der Waals surface area contributed by atoms with Crippen LogP contribution in [0.15, 0.2) is 82.8 Å². The second-order valence-electron chi connectivity index (χ2n) is 7.78. The number of benzene rings is 3. The van der Waals surface area contributed by atoms with Gasteiger partial charge in [0.15, 0.2) is 11.5 Å². The lowest BCUT2D eigenvalue weighted by Crippen LogP contribution is -2.39. The predicted octanol–water partition coefficient (Wildman–Crippen LogP) is 4.23. The van der Waals surface area contributed by atoms with Gasteiger partial charge in [-0.2, -0.15) is 5.10 Å². The molecule has 0 radical (unpaired) electrons. The van der Waals surface area contributed by atoms with Gasteiger partial charge in [0.05, 0.1) is 37.1 Å². The summed E-state index contributed by atoms with van der Waals surface area (Å²) >= 11 is 0. The molecule has 9 nitrogen and oxygen atoms in total.